The molecule has 192 valence electrons. The Kier molecular flexibility index (Phi) is 14.7. The normalized spacial score (nSPS) is 18.6. The zero-order chi connectivity index (χ0) is 26.9. The Morgan fingerprint density at radius 1 is 1.39 bits per heavy atom. The zero-order valence-electron chi connectivity index (χ0n) is 22.2. The lowest BCUT2D eigenvalue weighted by Crippen LogP contribution is -2.48. The van der Waals surface area contributed by atoms with Gasteiger partial charge in [0.2, 0.25) is 5.96 Å². The summed E-state index contributed by atoms with van der Waals surface area (Å²) in [6.45, 7) is 19.1. The van der Waals surface area contributed by atoms with Crippen molar-refractivity contribution in [2.45, 2.75) is 46.5 Å². The first-order valence-corrected chi connectivity index (χ1v) is 12.9. The second-order valence-electron chi connectivity index (χ2n) is 8.21. The lowest BCUT2D eigenvalue weighted by molar-refractivity contribution is -0.119. The monoisotopic (exact) mass is 504 g/mol. The Morgan fingerprint density at radius 3 is 2.75 bits per heavy atom. The number of piperidine rings is 1. The van der Waals surface area contributed by atoms with E-state index in [0.717, 1.165) is 48.1 Å². The molecular formula is C30H40N4OS. The van der Waals surface area contributed by atoms with Crippen LogP contribution in [0.15, 0.2) is 93.6 Å². The van der Waals surface area contributed by atoms with Gasteiger partial charge < -0.3 is 9.80 Å². The van der Waals surface area contributed by atoms with Crippen LogP contribution in [-0.4, -0.2) is 47.9 Å². The number of allylic oxidation sites excluding steroid dienone is 8. The van der Waals surface area contributed by atoms with Crippen molar-refractivity contribution in [2.24, 2.45) is 15.9 Å². The van der Waals surface area contributed by atoms with Gasteiger partial charge in [-0.25, -0.2) is 4.99 Å². The maximum absolute atomic E-state index is 13.2. The molecule has 2 aliphatic rings. The Morgan fingerprint density at radius 2 is 2.11 bits per heavy atom. The van der Waals surface area contributed by atoms with E-state index < -0.39 is 0 Å². The van der Waals surface area contributed by atoms with Crippen molar-refractivity contribution in [2.75, 3.05) is 20.1 Å². The first kappa shape index (κ1) is 30.7. The van der Waals surface area contributed by atoms with Gasteiger partial charge in [-0.3, -0.25) is 9.79 Å². The number of terminal acetylenes is 1. The fourth-order valence-electron chi connectivity index (χ4n) is 3.65. The maximum atomic E-state index is 13.2. The van der Waals surface area contributed by atoms with Crippen molar-refractivity contribution in [3.8, 4) is 12.3 Å². The topological polar surface area (TPSA) is 48.3 Å². The van der Waals surface area contributed by atoms with E-state index in [1.165, 1.54) is 11.8 Å². The van der Waals surface area contributed by atoms with Crippen LogP contribution in [0.5, 0.6) is 0 Å². The smallest absolute Gasteiger partial charge is 0.205 e. The van der Waals surface area contributed by atoms with E-state index >= 15 is 0 Å². The molecule has 0 aromatic carbocycles. The number of thioether (sulfide) groups is 1. The number of hydrogen-bond donors (Lipinski definition) is 0. The van der Waals surface area contributed by atoms with Crippen molar-refractivity contribution in [1.29, 1.82) is 0 Å². The molecule has 1 fully saturated rings. The Balaban J connectivity index is 0.00000205. The average Bonchev–Trinajstić information content (AvgIpc) is 2.88. The van der Waals surface area contributed by atoms with Crippen LogP contribution >= 0.6 is 11.8 Å². The average molecular weight is 505 g/mol. The predicted octanol–water partition coefficient (Wildman–Crippen LogP) is 6.88. The summed E-state index contributed by atoms with van der Waals surface area (Å²) < 4.78 is 0. The van der Waals surface area contributed by atoms with Crippen molar-refractivity contribution in [3.63, 3.8) is 0 Å². The molecule has 0 aromatic rings. The van der Waals surface area contributed by atoms with E-state index in [1.54, 1.807) is 25.4 Å². The molecule has 2 aliphatic heterocycles. The van der Waals surface area contributed by atoms with Crippen molar-refractivity contribution in [3.05, 3.63) is 83.6 Å². The molecule has 0 amide bonds. The number of nitrogens with zero attached hydrogens (tertiary/aromatic N) is 4. The van der Waals surface area contributed by atoms with Gasteiger partial charge in [0.15, 0.2) is 5.78 Å². The summed E-state index contributed by atoms with van der Waals surface area (Å²) in [6.07, 6.45) is 23.0. The molecule has 5 nitrogen and oxygen atoms in total. The van der Waals surface area contributed by atoms with E-state index in [2.05, 4.69) is 54.1 Å². The van der Waals surface area contributed by atoms with Crippen LogP contribution in [0.4, 0.5) is 0 Å². The van der Waals surface area contributed by atoms with Gasteiger partial charge in [-0.05, 0) is 51.0 Å². The molecule has 0 saturated carbocycles. The van der Waals surface area contributed by atoms with Gasteiger partial charge in [0.1, 0.15) is 0 Å². The third-order valence-corrected chi connectivity index (χ3v) is 6.61. The van der Waals surface area contributed by atoms with Crippen molar-refractivity contribution < 1.29 is 4.79 Å². The first-order chi connectivity index (χ1) is 17.3. The molecule has 0 aliphatic carbocycles. The summed E-state index contributed by atoms with van der Waals surface area (Å²) in [6, 6.07) is 0. The molecule has 0 radical (unpaired) electrons. The summed E-state index contributed by atoms with van der Waals surface area (Å²) >= 11 is 1.50. The lowest BCUT2D eigenvalue weighted by atomic mass is 9.93. The quantitative estimate of drug-likeness (QED) is 0.141. The van der Waals surface area contributed by atoms with Crippen LogP contribution in [0.25, 0.3) is 0 Å². The lowest BCUT2D eigenvalue weighted by Gasteiger charge is -2.39. The second kappa shape index (κ2) is 17.2. The Labute approximate surface area is 222 Å². The molecule has 1 saturated heterocycles. The fourth-order valence-corrected chi connectivity index (χ4v) is 4.53. The molecule has 0 N–H and O–H groups in total. The molecule has 2 rings (SSSR count). The highest BCUT2D eigenvalue weighted by Crippen LogP contribution is 2.32. The number of Topliss-reactive ketones (excluding diaryl/α,β-unsaturated/α-hetero) is 1. The van der Waals surface area contributed by atoms with Crippen LogP contribution in [0.3, 0.4) is 0 Å². The van der Waals surface area contributed by atoms with E-state index in [9.17, 15) is 4.79 Å². The number of rotatable bonds is 10. The van der Waals surface area contributed by atoms with E-state index in [-0.39, 0.29) is 11.7 Å². The Hall–Kier alpha value is -3.30. The number of hydrogen-bond acceptors (Lipinski definition) is 6. The maximum Gasteiger partial charge on any atom is 0.205 e. The van der Waals surface area contributed by atoms with Crippen molar-refractivity contribution >= 4 is 29.7 Å². The number of carbonyl (C=O) groups is 1. The van der Waals surface area contributed by atoms with Gasteiger partial charge in [-0.1, -0.05) is 61.9 Å². The first-order valence-electron chi connectivity index (χ1n) is 12.1. The van der Waals surface area contributed by atoms with Gasteiger partial charge in [0.05, 0.1) is 5.70 Å². The summed E-state index contributed by atoms with van der Waals surface area (Å²) in [5.41, 5.74) is 1.81. The second-order valence-corrected chi connectivity index (χ2v) is 9.43. The molecule has 1 atom stereocenters. The van der Waals surface area contributed by atoms with E-state index in [4.69, 9.17) is 4.99 Å². The number of likely N-dealkylation sites (tertiary alicyclic amines) is 1. The molecule has 1 unspecified atom stereocenters. The highest BCUT2D eigenvalue weighted by Gasteiger charge is 2.31. The summed E-state index contributed by atoms with van der Waals surface area (Å²) in [4.78, 5) is 28.1. The highest BCUT2D eigenvalue weighted by molar-refractivity contribution is 8.07. The van der Waals surface area contributed by atoms with E-state index in [0.29, 0.717) is 17.9 Å². The van der Waals surface area contributed by atoms with Gasteiger partial charge in [-0.15, -0.1) is 12.3 Å². The fraction of sp³-hybridized carbons (Fsp3) is 0.367. The summed E-state index contributed by atoms with van der Waals surface area (Å²) in [7, 11) is 1.97. The number of carbonyl (C=O) groups excluding carboxylic acids is 1. The Bertz CT molecular complexity index is 1020. The minimum atomic E-state index is -0.0783. The largest absolute Gasteiger partial charge is 0.342 e. The summed E-state index contributed by atoms with van der Waals surface area (Å²) in [5, 5.41) is 0. The molecule has 2 heterocycles. The molecule has 36 heavy (non-hydrogen) atoms. The molecule has 6 heteroatoms. The van der Waals surface area contributed by atoms with Crippen LogP contribution in [0.2, 0.25) is 0 Å². The summed E-state index contributed by atoms with van der Waals surface area (Å²) in [5.74, 6) is 3.16. The third-order valence-electron chi connectivity index (χ3n) is 5.50. The zero-order valence-corrected chi connectivity index (χ0v) is 23.1. The van der Waals surface area contributed by atoms with Gasteiger partial charge in [0.25, 0.3) is 0 Å². The van der Waals surface area contributed by atoms with Crippen LogP contribution in [0, 0.1) is 18.3 Å². The minimum absolute atomic E-state index is 0.0783. The van der Waals surface area contributed by atoms with Gasteiger partial charge in [0, 0.05) is 55.5 Å². The number of likely N-dealkylation sites (N-methyl/N-ethyl adjacent to an activating group) is 1. The predicted molar refractivity (Wildman–Crippen MR) is 159 cm³/mol. The standard InChI is InChI=1S/C27H36N4OS.C3H4/c1-7-10-15-25(9-3)33-22(5)26(32)23-13-12-18-31(20-23)27-29-24(19-21(4)30(27)6)14-11-17-28-16-8-2;1-3-2/h7-11,16-17,19,23H,2,4-5,12-15,18,20H2,1,3,6H3;1H,2H3/b10-7-,17-11-,25-9+,28-16?;. The highest BCUT2D eigenvalue weighted by atomic mass is 32.2. The minimum Gasteiger partial charge on any atom is -0.342 e. The SMILES string of the molecule is C#CC.C=CC=N/C=C\CC1=CC(=C)N(C)C(N2CCCC(C(=O)C(=C)S/C(=C/C)C/C=C\C)C2)=N1. The van der Waals surface area contributed by atoms with Gasteiger partial charge in [-0.2, -0.15) is 0 Å². The number of ketones is 1. The van der Waals surface area contributed by atoms with Crippen LogP contribution in [-0.2, 0) is 4.79 Å². The number of guanidine groups is 1. The molecular weight excluding hydrogens is 464 g/mol. The molecule has 0 bridgehead atoms. The third kappa shape index (κ3) is 10.1. The molecule has 0 spiro atoms. The van der Waals surface area contributed by atoms with Crippen LogP contribution in [0.1, 0.15) is 46.5 Å². The number of aliphatic imine (C=N–C) groups is 2. The molecule has 0 aromatic heterocycles. The van der Waals surface area contributed by atoms with Gasteiger partial charge >= 0.3 is 0 Å². The van der Waals surface area contributed by atoms with Crippen LogP contribution < -0.4 is 0 Å². The van der Waals surface area contributed by atoms with Crippen molar-refractivity contribution in [1.82, 2.24) is 9.80 Å². The van der Waals surface area contributed by atoms with E-state index in [1.807, 2.05) is 44.0 Å².